The van der Waals surface area contributed by atoms with E-state index in [1.807, 2.05) is 80.5 Å². The van der Waals surface area contributed by atoms with E-state index in [4.69, 9.17) is 28.3 Å². The van der Waals surface area contributed by atoms with Crippen molar-refractivity contribution < 1.29 is 50.8 Å². The van der Waals surface area contributed by atoms with Gasteiger partial charge in [-0.05, 0) is 111 Å². The van der Waals surface area contributed by atoms with Crippen LogP contribution in [0.1, 0.15) is 127 Å². The van der Waals surface area contributed by atoms with Crippen molar-refractivity contribution in [3.05, 3.63) is 167 Å². The van der Waals surface area contributed by atoms with Crippen molar-refractivity contribution in [2.24, 2.45) is 0 Å². The molecule has 0 amide bonds. The van der Waals surface area contributed by atoms with Crippen LogP contribution in [-0.2, 0) is 43.7 Å². The van der Waals surface area contributed by atoms with E-state index in [0.29, 0.717) is 44.4 Å². The number of para-hydroxylation sites is 1. The number of benzene rings is 6. The Morgan fingerprint density at radius 2 is 1.41 bits per heavy atom. The number of aromatic hydroxyl groups is 1. The van der Waals surface area contributed by atoms with E-state index in [-0.39, 0.29) is 60.7 Å². The van der Waals surface area contributed by atoms with Gasteiger partial charge in [0.05, 0.1) is 26.2 Å². The monoisotopic (exact) mass is 1030 g/mol. The zero-order valence-corrected chi connectivity index (χ0v) is 39.0. The number of aromatic nitrogens is 3. The second-order valence-electron chi connectivity index (χ2n) is 18.7. The van der Waals surface area contributed by atoms with Gasteiger partial charge in [-0.2, -0.15) is 0 Å². The molecule has 0 bridgehead atoms. The van der Waals surface area contributed by atoms with Gasteiger partial charge in [-0.15, -0.1) is 29.3 Å². The van der Waals surface area contributed by atoms with Crippen molar-refractivity contribution in [2.75, 3.05) is 0 Å². The molecule has 4 nitrogen and oxygen atoms in total. The van der Waals surface area contributed by atoms with Gasteiger partial charge in [-0.25, -0.2) is 4.98 Å². The van der Waals surface area contributed by atoms with Crippen LogP contribution in [0.15, 0.2) is 127 Å². The molecule has 0 spiro atoms. The summed E-state index contributed by atoms with van der Waals surface area (Å²) in [6.45, 7) is 8.60. The number of nitrogens with zero attached hydrogens (tertiary/aromatic N) is 3. The first-order valence-electron chi connectivity index (χ1n) is 29.4. The zero-order valence-electron chi connectivity index (χ0n) is 54.7. The summed E-state index contributed by atoms with van der Waals surface area (Å²) in [7, 11) is 0. The van der Waals surface area contributed by atoms with E-state index >= 15 is 0 Å². The van der Waals surface area contributed by atoms with Gasteiger partial charge in [0.2, 0.25) is 0 Å². The summed E-state index contributed by atoms with van der Waals surface area (Å²) in [5.74, 6) is 0.0836. The zero-order chi connectivity index (χ0) is 59.7. The Morgan fingerprint density at radius 1 is 0.698 bits per heavy atom. The summed E-state index contributed by atoms with van der Waals surface area (Å²) in [4.78, 5) is 9.73. The molecule has 0 aliphatic rings. The summed E-state index contributed by atoms with van der Waals surface area (Å²) in [5, 5.41) is 12.6. The quantitative estimate of drug-likeness (QED) is 0.162. The largest absolute Gasteiger partial charge is 0.507 e. The number of phenolic OH excluding ortho intramolecular Hbond substituents is 1. The summed E-state index contributed by atoms with van der Waals surface area (Å²) < 4.78 is 157. The van der Waals surface area contributed by atoms with E-state index in [9.17, 15) is 6.48 Å². The number of pyridine rings is 1. The maximum Gasteiger partial charge on any atom is 0.148 e. The van der Waals surface area contributed by atoms with Crippen molar-refractivity contribution in [2.45, 2.75) is 105 Å². The fraction of sp³-hybridized carbons (Fsp3) is 0.276. The molecule has 8 aromatic rings. The van der Waals surface area contributed by atoms with E-state index in [0.717, 1.165) is 5.56 Å². The summed E-state index contributed by atoms with van der Waals surface area (Å²) in [6, 6.07) is 22.3. The number of rotatable bonds is 7. The fourth-order valence-corrected chi connectivity index (χ4v) is 7.52. The van der Waals surface area contributed by atoms with Crippen LogP contribution >= 0.6 is 0 Å². The van der Waals surface area contributed by atoms with E-state index in [2.05, 4.69) is 11.1 Å². The molecule has 2 heterocycles. The van der Waals surface area contributed by atoms with Crippen molar-refractivity contribution in [1.82, 2.24) is 14.5 Å². The summed E-state index contributed by atoms with van der Waals surface area (Å²) in [5.41, 5.74) is -0.100. The van der Waals surface area contributed by atoms with Crippen LogP contribution in [0.25, 0.3) is 72.7 Å². The average molecular weight is 1030 g/mol. The molecule has 0 aliphatic heterocycles. The van der Waals surface area contributed by atoms with Crippen molar-refractivity contribution >= 4 is 11.0 Å². The molecule has 6 aromatic carbocycles. The molecule has 5 heteroatoms. The van der Waals surface area contributed by atoms with Crippen LogP contribution in [0.3, 0.4) is 0 Å². The molecule has 0 unspecified atom stereocenters. The van der Waals surface area contributed by atoms with Crippen molar-refractivity contribution in [3.8, 4) is 67.5 Å². The van der Waals surface area contributed by atoms with Gasteiger partial charge in [0, 0.05) is 59.3 Å². The van der Waals surface area contributed by atoms with Crippen LogP contribution < -0.4 is 0 Å². The van der Waals surface area contributed by atoms with Crippen molar-refractivity contribution in [3.63, 3.8) is 0 Å². The molecule has 0 fully saturated rings. The fourth-order valence-electron chi connectivity index (χ4n) is 7.52. The number of aryl methyl sites for hydroxylation is 1. The van der Waals surface area contributed by atoms with Gasteiger partial charge in [0.25, 0.3) is 0 Å². The Morgan fingerprint density at radius 3 is 2.08 bits per heavy atom. The molecule has 0 atom stereocenters. The first-order chi connectivity index (χ1) is 36.6. The minimum atomic E-state index is -3.40. The van der Waals surface area contributed by atoms with Gasteiger partial charge in [-0.3, -0.25) is 9.55 Å². The predicted octanol–water partition coefficient (Wildman–Crippen LogP) is 15.3. The number of hydrogen-bond donors (Lipinski definition) is 1. The van der Waals surface area contributed by atoms with Gasteiger partial charge in [0.15, 0.2) is 0 Å². The first kappa shape index (κ1) is 27.6. The van der Waals surface area contributed by atoms with Crippen LogP contribution in [0.5, 0.6) is 5.75 Å². The smallest absolute Gasteiger partial charge is 0.148 e. The minimum absolute atomic E-state index is 0. The third kappa shape index (κ3) is 8.98. The molecular formula is C58H60N3OPt-. The molecule has 1 N–H and O–H groups in total. The molecule has 0 saturated heterocycles. The standard InChI is InChI=1S/C58H60N3O.Pt/c1-13-38-22-24-39(25-23-38)41-26-27-59-51(32-41)43-29-42(30-44(31-43)56(4,5)6)47-20-17-21-52-53(47)60-55(49-33-45(57(7,8)9)34-50(54(49)62)58(10,11)12)61(52)46-28-36(2)37(3)48(35-46)40-18-15-14-16-19-40;/h14-28,30-35,62H,13H2,1-12H3;/q-1;/i1D3,2D3,3D3,13D2,22D,23D,24D,25D,26D,27D,32D;. The topological polar surface area (TPSA) is 50.9 Å². The Bertz CT molecular complexity index is 3780. The van der Waals surface area contributed by atoms with Crippen LogP contribution in [-0.4, -0.2) is 19.6 Å². The number of fused-ring (bicyclic) bond motifs is 1. The Labute approximate surface area is 415 Å². The summed E-state index contributed by atoms with van der Waals surface area (Å²) in [6.07, 6.45) is -4.04. The minimum Gasteiger partial charge on any atom is -0.507 e. The second kappa shape index (κ2) is 17.2. The molecule has 324 valence electrons. The third-order valence-electron chi connectivity index (χ3n) is 11.0. The molecule has 63 heavy (non-hydrogen) atoms. The van der Waals surface area contributed by atoms with Crippen LogP contribution in [0.2, 0.25) is 0 Å². The van der Waals surface area contributed by atoms with E-state index in [1.165, 1.54) is 6.07 Å². The van der Waals surface area contributed by atoms with E-state index < -0.39 is 108 Å². The normalized spacial score (nSPS) is 17.1. The van der Waals surface area contributed by atoms with Gasteiger partial charge in [0.1, 0.15) is 11.6 Å². The Kier molecular flexibility index (Phi) is 7.52. The maximum absolute atomic E-state index is 12.6. The average Bonchev–Trinajstić information content (AvgIpc) is 4.01. The Hall–Kier alpha value is -5.57. The molecule has 2 aromatic heterocycles. The van der Waals surface area contributed by atoms with E-state index in [1.54, 1.807) is 65.2 Å². The van der Waals surface area contributed by atoms with Crippen molar-refractivity contribution in [1.29, 1.82) is 0 Å². The Balaban J connectivity index is 0.00000946. The molecule has 0 saturated carbocycles. The number of hydrogen-bond acceptors (Lipinski definition) is 3. The van der Waals surface area contributed by atoms with Gasteiger partial charge >= 0.3 is 0 Å². The molecule has 0 aliphatic carbocycles. The predicted molar refractivity (Wildman–Crippen MR) is 261 cm³/mol. The van der Waals surface area contributed by atoms with Gasteiger partial charge in [-0.1, -0.05) is 159 Å². The van der Waals surface area contributed by atoms with Gasteiger partial charge < -0.3 is 5.11 Å². The molecule has 0 radical (unpaired) electrons. The summed E-state index contributed by atoms with van der Waals surface area (Å²) >= 11 is 0. The molecular weight excluding hydrogens is 950 g/mol. The third-order valence-corrected chi connectivity index (χ3v) is 11.0. The second-order valence-corrected chi connectivity index (χ2v) is 18.7. The SMILES string of the molecule is [2H]c1nc(-c2[c-]c(-c3cccc4c3nc(-c3cc(C(C)(C)C)cc(C(C)(C)C)c3O)n4-c3cc(-c4ccccc4)c(C([2H])([2H])[2H])c(C([2H])([2H])[2H])c3)cc(C(C)(C)C)c2)c([2H])c(-c2c([2H])c([2H])c(C([2H])([2H])C([2H])([2H])[2H])c([2H])c2[2H])c1[2H].[Pt]. The first-order valence-corrected chi connectivity index (χ1v) is 20.4. The maximum atomic E-state index is 12.6. The number of imidazole rings is 1. The van der Waals surface area contributed by atoms with Crippen LogP contribution in [0.4, 0.5) is 0 Å². The molecule has 8 rings (SSSR count). The number of phenols is 1. The van der Waals surface area contributed by atoms with Crippen LogP contribution in [0, 0.1) is 19.8 Å².